The molecule has 19 heavy (non-hydrogen) atoms. The quantitative estimate of drug-likeness (QED) is 0.823. The number of carboxylic acid groups (broad SMARTS) is 1. The molecule has 1 aliphatic heterocycles. The van der Waals surface area contributed by atoms with Gasteiger partial charge in [-0.1, -0.05) is 0 Å². The lowest BCUT2D eigenvalue weighted by Gasteiger charge is -2.23. The van der Waals surface area contributed by atoms with Gasteiger partial charge in [0.1, 0.15) is 18.2 Å². The molecule has 0 unspecified atom stereocenters. The standard InChI is InChI=1S/C13H12IN3O2/c14-8-3-4-10-9(6-8)12(16-7-15-10)17-5-1-2-11(17)13(18)19/h3-4,6-7,11H,1-2,5H2,(H,18,19)/t11-/m0/s1. The molecule has 0 amide bonds. The lowest BCUT2D eigenvalue weighted by molar-refractivity contribution is -0.138. The zero-order valence-electron chi connectivity index (χ0n) is 10.1. The van der Waals surface area contributed by atoms with E-state index >= 15 is 0 Å². The Bertz CT molecular complexity index is 647. The van der Waals surface area contributed by atoms with Gasteiger partial charge in [0.05, 0.1) is 5.52 Å². The second-order valence-electron chi connectivity index (χ2n) is 4.55. The third kappa shape index (κ3) is 2.24. The van der Waals surface area contributed by atoms with Crippen LogP contribution in [0, 0.1) is 3.57 Å². The minimum Gasteiger partial charge on any atom is -0.480 e. The van der Waals surface area contributed by atoms with Crippen molar-refractivity contribution in [3.63, 3.8) is 0 Å². The summed E-state index contributed by atoms with van der Waals surface area (Å²) >= 11 is 2.24. The monoisotopic (exact) mass is 369 g/mol. The number of hydrogen-bond acceptors (Lipinski definition) is 4. The van der Waals surface area contributed by atoms with Crippen LogP contribution in [0.2, 0.25) is 0 Å². The number of fused-ring (bicyclic) bond motifs is 1. The molecular formula is C13H12IN3O2. The maximum atomic E-state index is 11.3. The smallest absolute Gasteiger partial charge is 0.326 e. The highest BCUT2D eigenvalue weighted by Gasteiger charge is 2.32. The van der Waals surface area contributed by atoms with Gasteiger partial charge in [-0.15, -0.1) is 0 Å². The predicted molar refractivity (Wildman–Crippen MR) is 80.3 cm³/mol. The van der Waals surface area contributed by atoms with E-state index in [0.29, 0.717) is 6.42 Å². The van der Waals surface area contributed by atoms with Crippen LogP contribution in [-0.4, -0.2) is 33.6 Å². The number of benzene rings is 1. The topological polar surface area (TPSA) is 66.3 Å². The number of anilines is 1. The summed E-state index contributed by atoms with van der Waals surface area (Å²) in [5.74, 6) is -0.0525. The van der Waals surface area contributed by atoms with Crippen LogP contribution in [0.4, 0.5) is 5.82 Å². The van der Waals surface area contributed by atoms with Gasteiger partial charge >= 0.3 is 5.97 Å². The Morgan fingerprint density at radius 2 is 2.26 bits per heavy atom. The van der Waals surface area contributed by atoms with Crippen LogP contribution >= 0.6 is 22.6 Å². The van der Waals surface area contributed by atoms with Crippen LogP contribution in [-0.2, 0) is 4.79 Å². The van der Waals surface area contributed by atoms with E-state index in [-0.39, 0.29) is 0 Å². The maximum absolute atomic E-state index is 11.3. The van der Waals surface area contributed by atoms with Gasteiger partial charge in [-0.25, -0.2) is 14.8 Å². The zero-order chi connectivity index (χ0) is 13.4. The Balaban J connectivity index is 2.14. The second-order valence-corrected chi connectivity index (χ2v) is 5.79. The van der Waals surface area contributed by atoms with Crippen LogP contribution < -0.4 is 4.90 Å². The van der Waals surface area contributed by atoms with E-state index < -0.39 is 12.0 Å². The third-order valence-electron chi connectivity index (χ3n) is 3.39. The second kappa shape index (κ2) is 4.92. The summed E-state index contributed by atoms with van der Waals surface area (Å²) in [4.78, 5) is 21.7. The molecular weight excluding hydrogens is 357 g/mol. The molecule has 1 aromatic heterocycles. The Labute approximate surface area is 123 Å². The van der Waals surface area contributed by atoms with Crippen molar-refractivity contribution in [2.24, 2.45) is 0 Å². The largest absolute Gasteiger partial charge is 0.480 e. The third-order valence-corrected chi connectivity index (χ3v) is 4.06. The Morgan fingerprint density at radius 3 is 3.05 bits per heavy atom. The number of aliphatic carboxylic acids is 1. The Hall–Kier alpha value is -1.44. The minimum atomic E-state index is -0.783. The molecule has 1 saturated heterocycles. The van der Waals surface area contributed by atoms with E-state index in [1.807, 2.05) is 23.1 Å². The van der Waals surface area contributed by atoms with Gasteiger partial charge in [0.2, 0.25) is 0 Å². The molecule has 0 bridgehead atoms. The van der Waals surface area contributed by atoms with Crippen molar-refractivity contribution in [1.82, 2.24) is 9.97 Å². The van der Waals surface area contributed by atoms with E-state index in [1.165, 1.54) is 6.33 Å². The molecule has 0 saturated carbocycles. The average molecular weight is 369 g/mol. The lowest BCUT2D eigenvalue weighted by atomic mass is 10.2. The highest BCUT2D eigenvalue weighted by Crippen LogP contribution is 2.30. The maximum Gasteiger partial charge on any atom is 0.326 e. The average Bonchev–Trinajstić information content (AvgIpc) is 2.87. The first-order valence-electron chi connectivity index (χ1n) is 6.06. The molecule has 5 nitrogen and oxygen atoms in total. The zero-order valence-corrected chi connectivity index (χ0v) is 12.2. The van der Waals surface area contributed by atoms with E-state index in [0.717, 1.165) is 33.3 Å². The van der Waals surface area contributed by atoms with E-state index in [2.05, 4.69) is 32.6 Å². The molecule has 1 aliphatic rings. The van der Waals surface area contributed by atoms with Gasteiger partial charge in [0.15, 0.2) is 0 Å². The Morgan fingerprint density at radius 1 is 1.42 bits per heavy atom. The van der Waals surface area contributed by atoms with Gasteiger partial charge in [0, 0.05) is 15.5 Å². The number of hydrogen-bond donors (Lipinski definition) is 1. The van der Waals surface area contributed by atoms with Crippen LogP contribution in [0.3, 0.4) is 0 Å². The number of carbonyl (C=O) groups is 1. The van der Waals surface area contributed by atoms with Crippen molar-refractivity contribution < 1.29 is 9.90 Å². The highest BCUT2D eigenvalue weighted by molar-refractivity contribution is 14.1. The first kappa shape index (κ1) is 12.6. The molecule has 1 atom stereocenters. The fraction of sp³-hybridized carbons (Fsp3) is 0.308. The normalized spacial score (nSPS) is 19.0. The van der Waals surface area contributed by atoms with Gasteiger partial charge in [-0.05, 0) is 53.6 Å². The summed E-state index contributed by atoms with van der Waals surface area (Å²) < 4.78 is 1.09. The molecule has 0 spiro atoms. The summed E-state index contributed by atoms with van der Waals surface area (Å²) in [5.41, 5.74) is 0.849. The van der Waals surface area contributed by atoms with Crippen molar-refractivity contribution in [3.8, 4) is 0 Å². The van der Waals surface area contributed by atoms with Crippen molar-refractivity contribution in [1.29, 1.82) is 0 Å². The molecule has 1 aromatic carbocycles. The number of aromatic nitrogens is 2. The molecule has 0 radical (unpaired) electrons. The van der Waals surface area contributed by atoms with E-state index in [4.69, 9.17) is 0 Å². The molecule has 1 N–H and O–H groups in total. The van der Waals surface area contributed by atoms with Crippen molar-refractivity contribution in [3.05, 3.63) is 28.1 Å². The summed E-state index contributed by atoms with van der Waals surface area (Å²) in [5, 5.41) is 10.2. The SMILES string of the molecule is O=C(O)[C@@H]1CCCN1c1ncnc2ccc(I)cc12. The number of carboxylic acids is 1. The van der Waals surface area contributed by atoms with Gasteiger partial charge in [-0.2, -0.15) is 0 Å². The first-order chi connectivity index (χ1) is 9.16. The van der Waals surface area contributed by atoms with Gasteiger partial charge in [0.25, 0.3) is 0 Å². The van der Waals surface area contributed by atoms with Crippen LogP contribution in [0.1, 0.15) is 12.8 Å². The molecule has 6 heteroatoms. The molecule has 1 fully saturated rings. The number of halogens is 1. The van der Waals surface area contributed by atoms with Crippen LogP contribution in [0.25, 0.3) is 10.9 Å². The van der Waals surface area contributed by atoms with Crippen LogP contribution in [0.15, 0.2) is 24.5 Å². The highest BCUT2D eigenvalue weighted by atomic mass is 127. The molecule has 2 heterocycles. The van der Waals surface area contributed by atoms with Crippen molar-refractivity contribution >= 4 is 45.3 Å². The fourth-order valence-electron chi connectivity index (χ4n) is 2.52. The summed E-state index contributed by atoms with van der Waals surface area (Å²) in [7, 11) is 0. The van der Waals surface area contributed by atoms with Crippen molar-refractivity contribution in [2.45, 2.75) is 18.9 Å². The van der Waals surface area contributed by atoms with Crippen molar-refractivity contribution in [2.75, 3.05) is 11.4 Å². The molecule has 98 valence electrons. The minimum absolute atomic E-state index is 0.476. The van der Waals surface area contributed by atoms with Gasteiger partial charge in [-0.3, -0.25) is 0 Å². The van der Waals surface area contributed by atoms with E-state index in [1.54, 1.807) is 0 Å². The molecule has 2 aromatic rings. The fourth-order valence-corrected chi connectivity index (χ4v) is 3.01. The molecule has 0 aliphatic carbocycles. The Kier molecular flexibility index (Phi) is 3.26. The predicted octanol–water partition coefficient (Wildman–Crippen LogP) is 2.29. The number of rotatable bonds is 2. The van der Waals surface area contributed by atoms with Crippen LogP contribution in [0.5, 0.6) is 0 Å². The lowest BCUT2D eigenvalue weighted by Crippen LogP contribution is -2.36. The van der Waals surface area contributed by atoms with E-state index in [9.17, 15) is 9.90 Å². The summed E-state index contributed by atoms with van der Waals surface area (Å²) in [6, 6.07) is 5.45. The molecule has 3 rings (SSSR count). The number of nitrogens with zero attached hydrogens (tertiary/aromatic N) is 3. The van der Waals surface area contributed by atoms with Gasteiger partial charge < -0.3 is 10.0 Å². The summed E-state index contributed by atoms with van der Waals surface area (Å²) in [6.45, 7) is 0.731. The first-order valence-corrected chi connectivity index (χ1v) is 7.14. The summed E-state index contributed by atoms with van der Waals surface area (Å²) in [6.07, 6.45) is 3.05.